The van der Waals surface area contributed by atoms with Crippen molar-refractivity contribution >= 4 is 5.91 Å². The van der Waals surface area contributed by atoms with Crippen molar-refractivity contribution in [1.29, 1.82) is 0 Å². The molecule has 2 bridgehead atoms. The molecule has 0 radical (unpaired) electrons. The quantitative estimate of drug-likeness (QED) is 0.834. The molecule has 3 aliphatic heterocycles. The van der Waals surface area contributed by atoms with Crippen LogP contribution >= 0.6 is 0 Å². The van der Waals surface area contributed by atoms with Crippen molar-refractivity contribution < 1.29 is 9.53 Å². The van der Waals surface area contributed by atoms with E-state index in [4.69, 9.17) is 4.74 Å². The second kappa shape index (κ2) is 8.19. The average molecular weight is 372 g/mol. The minimum Gasteiger partial charge on any atom is -0.484 e. The van der Waals surface area contributed by atoms with Gasteiger partial charge in [-0.15, -0.1) is 0 Å². The van der Waals surface area contributed by atoms with Crippen molar-refractivity contribution in [3.8, 4) is 5.75 Å². The molecule has 5 heteroatoms. The molecule has 1 amide bonds. The van der Waals surface area contributed by atoms with Crippen LogP contribution in [0.25, 0.3) is 0 Å². The zero-order chi connectivity index (χ0) is 18.8. The number of aryl methyl sites for hydroxylation is 2. The maximum Gasteiger partial charge on any atom is 0.257 e. The Hall–Kier alpha value is -1.59. The molecule has 4 rings (SSSR count). The van der Waals surface area contributed by atoms with E-state index in [1.165, 1.54) is 49.9 Å². The van der Waals surface area contributed by atoms with E-state index in [9.17, 15) is 4.79 Å². The molecule has 3 aliphatic rings. The minimum absolute atomic E-state index is 0.0207. The lowest BCUT2D eigenvalue weighted by atomic mass is 9.73. The monoisotopic (exact) mass is 371 g/mol. The number of nitrogens with zero attached hydrogens (tertiary/aromatic N) is 1. The Morgan fingerprint density at radius 3 is 2.93 bits per heavy atom. The maximum absolute atomic E-state index is 12.4. The van der Waals surface area contributed by atoms with Crippen LogP contribution in [0.1, 0.15) is 36.8 Å². The van der Waals surface area contributed by atoms with Crippen LogP contribution in [-0.2, 0) is 4.79 Å². The SMILES string of the molecule is Cc1ccc(OCC(=O)NC[C@H]2[C@@H]3CNC[C@@H](C3)[C@@H]3CCCCN32)cc1C. The highest BCUT2D eigenvalue weighted by Crippen LogP contribution is 2.38. The van der Waals surface area contributed by atoms with Gasteiger partial charge in [-0.05, 0) is 87.8 Å². The fourth-order valence-corrected chi connectivity index (χ4v) is 5.27. The Kier molecular flexibility index (Phi) is 5.69. The number of nitrogens with one attached hydrogen (secondary N) is 2. The smallest absolute Gasteiger partial charge is 0.257 e. The molecule has 1 aromatic carbocycles. The van der Waals surface area contributed by atoms with Crippen molar-refractivity contribution in [3.63, 3.8) is 0 Å². The molecular weight excluding hydrogens is 338 g/mol. The minimum atomic E-state index is -0.0207. The lowest BCUT2D eigenvalue weighted by molar-refractivity contribution is -0.124. The summed E-state index contributed by atoms with van der Waals surface area (Å²) in [5.74, 6) is 2.19. The Bertz CT molecular complexity index is 678. The second-order valence-corrected chi connectivity index (χ2v) is 8.62. The third kappa shape index (κ3) is 4.14. The summed E-state index contributed by atoms with van der Waals surface area (Å²) in [5, 5.41) is 6.78. The first-order valence-electron chi connectivity index (χ1n) is 10.5. The predicted molar refractivity (Wildman–Crippen MR) is 107 cm³/mol. The molecule has 0 saturated carbocycles. The van der Waals surface area contributed by atoms with Gasteiger partial charge in [0.2, 0.25) is 0 Å². The number of benzene rings is 1. The van der Waals surface area contributed by atoms with Crippen LogP contribution in [0, 0.1) is 25.7 Å². The number of ether oxygens (including phenoxy) is 1. The summed E-state index contributed by atoms with van der Waals surface area (Å²) in [6.45, 7) is 8.41. The van der Waals surface area contributed by atoms with Crippen molar-refractivity contribution in [1.82, 2.24) is 15.5 Å². The predicted octanol–water partition coefficient (Wildman–Crippen LogP) is 2.26. The van der Waals surface area contributed by atoms with E-state index >= 15 is 0 Å². The summed E-state index contributed by atoms with van der Waals surface area (Å²) in [7, 11) is 0. The zero-order valence-corrected chi connectivity index (χ0v) is 16.7. The first-order chi connectivity index (χ1) is 13.1. The van der Waals surface area contributed by atoms with Gasteiger partial charge in [0.05, 0.1) is 0 Å². The van der Waals surface area contributed by atoms with Gasteiger partial charge in [0, 0.05) is 18.6 Å². The highest BCUT2D eigenvalue weighted by Gasteiger charge is 2.45. The molecule has 27 heavy (non-hydrogen) atoms. The first-order valence-corrected chi connectivity index (χ1v) is 10.5. The number of rotatable bonds is 5. The van der Waals surface area contributed by atoms with E-state index in [0.29, 0.717) is 18.0 Å². The number of fused-ring (bicyclic) bond motifs is 4. The normalized spacial score (nSPS) is 30.4. The van der Waals surface area contributed by atoms with Gasteiger partial charge in [0.1, 0.15) is 5.75 Å². The Labute approximate surface area is 162 Å². The second-order valence-electron chi connectivity index (χ2n) is 8.62. The van der Waals surface area contributed by atoms with Crippen LogP contribution in [0.3, 0.4) is 0 Å². The van der Waals surface area contributed by atoms with Crippen LogP contribution in [-0.4, -0.2) is 55.7 Å². The largest absolute Gasteiger partial charge is 0.484 e. The highest BCUT2D eigenvalue weighted by atomic mass is 16.5. The summed E-state index contributed by atoms with van der Waals surface area (Å²) in [4.78, 5) is 15.1. The van der Waals surface area contributed by atoms with E-state index in [-0.39, 0.29) is 12.5 Å². The molecule has 0 aliphatic carbocycles. The molecule has 4 atom stereocenters. The van der Waals surface area contributed by atoms with E-state index in [1.54, 1.807) is 0 Å². The van der Waals surface area contributed by atoms with E-state index in [2.05, 4.69) is 29.4 Å². The van der Waals surface area contributed by atoms with E-state index in [0.717, 1.165) is 24.8 Å². The third-order valence-corrected chi connectivity index (χ3v) is 6.88. The fraction of sp³-hybridized carbons (Fsp3) is 0.682. The topological polar surface area (TPSA) is 53.6 Å². The van der Waals surface area contributed by atoms with Gasteiger partial charge in [-0.3, -0.25) is 9.69 Å². The summed E-state index contributed by atoms with van der Waals surface area (Å²) < 4.78 is 5.69. The van der Waals surface area contributed by atoms with Crippen molar-refractivity contribution in [2.24, 2.45) is 11.8 Å². The number of hydrogen-bond acceptors (Lipinski definition) is 4. The van der Waals surface area contributed by atoms with Gasteiger partial charge >= 0.3 is 0 Å². The number of hydrogen-bond donors (Lipinski definition) is 2. The molecule has 0 unspecified atom stereocenters. The highest BCUT2D eigenvalue weighted by molar-refractivity contribution is 5.77. The van der Waals surface area contributed by atoms with Crippen LogP contribution in [0.2, 0.25) is 0 Å². The fourth-order valence-electron chi connectivity index (χ4n) is 5.27. The summed E-state index contributed by atoms with van der Waals surface area (Å²) >= 11 is 0. The van der Waals surface area contributed by atoms with Crippen LogP contribution in [0.15, 0.2) is 18.2 Å². The third-order valence-electron chi connectivity index (χ3n) is 6.88. The van der Waals surface area contributed by atoms with Crippen LogP contribution in [0.4, 0.5) is 0 Å². The molecule has 3 fully saturated rings. The lowest BCUT2D eigenvalue weighted by Gasteiger charge is -2.55. The van der Waals surface area contributed by atoms with Gasteiger partial charge in [0.25, 0.3) is 5.91 Å². The van der Waals surface area contributed by atoms with E-state index < -0.39 is 0 Å². The summed E-state index contributed by atoms with van der Waals surface area (Å²) in [6.07, 6.45) is 5.28. The summed E-state index contributed by atoms with van der Waals surface area (Å²) in [6, 6.07) is 7.13. The van der Waals surface area contributed by atoms with Crippen LogP contribution in [0.5, 0.6) is 5.75 Å². The Morgan fingerprint density at radius 2 is 2.07 bits per heavy atom. The number of amides is 1. The van der Waals surface area contributed by atoms with Crippen molar-refractivity contribution in [2.45, 2.75) is 51.6 Å². The molecule has 1 aromatic rings. The standard InChI is InChI=1S/C22H33N3O2/c1-15-6-7-19(9-16(15)2)27-14-22(26)24-13-21-18-10-17(11-23-12-18)20-5-3-4-8-25(20)21/h6-7,9,17-18,20-21,23H,3-5,8,10-14H2,1-2H3,(H,24,26)/t17-,18+,20+,21+/m1/s1. The molecule has 148 valence electrons. The molecule has 0 aromatic heterocycles. The molecule has 0 spiro atoms. The molecular formula is C22H33N3O2. The Balaban J connectivity index is 1.31. The van der Waals surface area contributed by atoms with Crippen molar-refractivity contribution in [3.05, 3.63) is 29.3 Å². The van der Waals surface area contributed by atoms with Crippen molar-refractivity contribution in [2.75, 3.05) is 32.8 Å². The number of piperidine rings is 3. The molecule has 3 heterocycles. The Morgan fingerprint density at radius 1 is 1.22 bits per heavy atom. The maximum atomic E-state index is 12.4. The molecule has 3 saturated heterocycles. The van der Waals surface area contributed by atoms with E-state index in [1.807, 2.05) is 18.2 Å². The van der Waals surface area contributed by atoms with Gasteiger partial charge in [-0.2, -0.15) is 0 Å². The number of carbonyl (C=O) groups excluding carboxylic acids is 1. The number of carbonyl (C=O) groups is 1. The lowest BCUT2D eigenvalue weighted by Crippen LogP contribution is -2.65. The average Bonchev–Trinajstić information content (AvgIpc) is 2.69. The van der Waals surface area contributed by atoms with Gasteiger partial charge in [-0.1, -0.05) is 12.5 Å². The zero-order valence-electron chi connectivity index (χ0n) is 16.7. The summed E-state index contributed by atoms with van der Waals surface area (Å²) in [5.41, 5.74) is 2.42. The van der Waals surface area contributed by atoms with Gasteiger partial charge < -0.3 is 15.4 Å². The molecule has 2 N–H and O–H groups in total. The van der Waals surface area contributed by atoms with Gasteiger partial charge in [0.15, 0.2) is 6.61 Å². The van der Waals surface area contributed by atoms with Gasteiger partial charge in [-0.25, -0.2) is 0 Å². The first kappa shape index (κ1) is 18.8. The molecule has 5 nitrogen and oxygen atoms in total. The van der Waals surface area contributed by atoms with Crippen LogP contribution < -0.4 is 15.4 Å².